The molecule has 5 aliphatic carbocycles. The van der Waals surface area contributed by atoms with Gasteiger partial charge in [0.15, 0.2) is 0 Å². The number of benzene rings is 1. The van der Waals surface area contributed by atoms with Crippen molar-refractivity contribution < 1.29 is 29.6 Å². The summed E-state index contributed by atoms with van der Waals surface area (Å²) in [6.45, 7) is 18.2. The van der Waals surface area contributed by atoms with Gasteiger partial charge in [-0.05, 0) is 134 Å². The molecular weight excluding hydrogens is 564 g/mol. The highest BCUT2D eigenvalue weighted by Crippen LogP contribution is 2.77. The zero-order valence-electron chi connectivity index (χ0n) is 28.1. The van der Waals surface area contributed by atoms with Gasteiger partial charge in [0.1, 0.15) is 11.9 Å². The van der Waals surface area contributed by atoms with Crippen LogP contribution in [0.1, 0.15) is 105 Å². The molecule has 5 fully saturated rings. The smallest absolute Gasteiger partial charge is 0.331 e. The van der Waals surface area contributed by atoms with Crippen molar-refractivity contribution >= 4 is 18.0 Å². The fourth-order valence-electron chi connectivity index (χ4n) is 12.8. The Hall–Kier alpha value is -2.60. The van der Waals surface area contributed by atoms with Crippen molar-refractivity contribution in [1.82, 2.24) is 0 Å². The van der Waals surface area contributed by atoms with Gasteiger partial charge in [-0.2, -0.15) is 0 Å². The normalized spacial score (nSPS) is 45.1. The highest BCUT2D eigenvalue weighted by atomic mass is 16.6. The van der Waals surface area contributed by atoms with E-state index in [9.17, 15) is 24.9 Å². The van der Waals surface area contributed by atoms with Crippen LogP contribution in [-0.2, 0) is 14.3 Å². The van der Waals surface area contributed by atoms with Gasteiger partial charge in [-0.15, -0.1) is 0 Å². The standard InChI is InChI=1S/C39H54O6/c1-23(2)26-16-19-39(34(43)44)21-20-37(6)27(32(26)39)13-14-30-36(5)22-28(41)33(35(3,4)29(36)17-18-38(30,37)7)45-31(42)15-10-24-8-11-25(40)12-9-24/h8-12,15,26-30,32-33,40-41H,1,13-14,16-22H2,2-7H3,(H,43,44)/t26-,27+,28+,29-,30+,32+,33-,36-,37+,38+,39-/m0/s1. The minimum Gasteiger partial charge on any atom is -0.508 e. The van der Waals surface area contributed by atoms with E-state index in [1.807, 2.05) is 0 Å². The third-order valence-electron chi connectivity index (χ3n) is 14.9. The Morgan fingerprint density at radius 2 is 1.60 bits per heavy atom. The predicted molar refractivity (Wildman–Crippen MR) is 175 cm³/mol. The highest BCUT2D eigenvalue weighted by molar-refractivity contribution is 5.87. The molecule has 246 valence electrons. The van der Waals surface area contributed by atoms with Crippen LogP contribution in [0.25, 0.3) is 6.08 Å². The summed E-state index contributed by atoms with van der Waals surface area (Å²) in [5.74, 6) is 0.537. The summed E-state index contributed by atoms with van der Waals surface area (Å²) in [7, 11) is 0. The van der Waals surface area contributed by atoms with E-state index in [0.717, 1.165) is 62.5 Å². The zero-order valence-corrected chi connectivity index (χ0v) is 28.1. The molecule has 45 heavy (non-hydrogen) atoms. The second-order valence-corrected chi connectivity index (χ2v) is 17.0. The number of aliphatic hydroxyl groups excluding tert-OH is 1. The van der Waals surface area contributed by atoms with Crippen LogP contribution in [-0.4, -0.2) is 39.5 Å². The summed E-state index contributed by atoms with van der Waals surface area (Å²) in [6.07, 6.45) is 9.82. The third-order valence-corrected chi connectivity index (χ3v) is 14.9. The zero-order chi connectivity index (χ0) is 32.7. The number of carboxylic acid groups (broad SMARTS) is 1. The molecular formula is C39H54O6. The molecule has 0 saturated heterocycles. The van der Waals surface area contributed by atoms with Gasteiger partial charge in [-0.25, -0.2) is 4.79 Å². The highest BCUT2D eigenvalue weighted by Gasteiger charge is 2.72. The predicted octanol–water partition coefficient (Wildman–Crippen LogP) is 8.03. The first kappa shape index (κ1) is 32.3. The molecule has 5 aliphatic rings. The number of fused-ring (bicyclic) bond motifs is 7. The van der Waals surface area contributed by atoms with E-state index in [-0.39, 0.29) is 39.7 Å². The molecule has 0 radical (unpaired) electrons. The van der Waals surface area contributed by atoms with Gasteiger partial charge in [0.05, 0.1) is 11.5 Å². The molecule has 1 aromatic rings. The largest absolute Gasteiger partial charge is 0.508 e. The molecule has 11 atom stereocenters. The van der Waals surface area contributed by atoms with Crippen molar-refractivity contribution in [2.24, 2.45) is 56.7 Å². The van der Waals surface area contributed by atoms with Gasteiger partial charge in [0.25, 0.3) is 0 Å². The van der Waals surface area contributed by atoms with E-state index >= 15 is 0 Å². The number of aromatic hydroxyl groups is 1. The summed E-state index contributed by atoms with van der Waals surface area (Å²) in [5.41, 5.74) is 0.796. The number of esters is 1. The maximum atomic E-state index is 13.0. The van der Waals surface area contributed by atoms with Gasteiger partial charge < -0.3 is 20.1 Å². The number of phenolic OH excluding ortho intramolecular Hbond substituents is 1. The quantitative estimate of drug-likeness (QED) is 0.175. The maximum absolute atomic E-state index is 13.0. The van der Waals surface area contributed by atoms with Crippen molar-refractivity contribution in [1.29, 1.82) is 0 Å². The number of phenols is 1. The van der Waals surface area contributed by atoms with Gasteiger partial charge in [-0.1, -0.05) is 58.9 Å². The molecule has 5 saturated carbocycles. The number of rotatable bonds is 5. The lowest BCUT2D eigenvalue weighted by molar-refractivity contribution is -0.265. The molecule has 0 spiro atoms. The van der Waals surface area contributed by atoms with Crippen LogP contribution in [0.5, 0.6) is 5.75 Å². The minimum absolute atomic E-state index is 0.0169. The van der Waals surface area contributed by atoms with Crippen LogP contribution in [0.3, 0.4) is 0 Å². The third kappa shape index (κ3) is 4.58. The molecule has 0 amide bonds. The fraction of sp³-hybridized carbons (Fsp3) is 0.692. The summed E-state index contributed by atoms with van der Waals surface area (Å²) in [6, 6.07) is 6.62. The van der Waals surface area contributed by atoms with E-state index in [4.69, 9.17) is 4.74 Å². The topological polar surface area (TPSA) is 104 Å². The van der Waals surface area contributed by atoms with Crippen molar-refractivity contribution in [2.45, 2.75) is 112 Å². The van der Waals surface area contributed by atoms with E-state index in [1.54, 1.807) is 30.3 Å². The van der Waals surface area contributed by atoms with Crippen LogP contribution in [0.15, 0.2) is 42.5 Å². The van der Waals surface area contributed by atoms with E-state index < -0.39 is 35.0 Å². The first-order chi connectivity index (χ1) is 21.0. The van der Waals surface area contributed by atoms with Crippen molar-refractivity contribution in [3.05, 3.63) is 48.1 Å². The van der Waals surface area contributed by atoms with Crippen LogP contribution < -0.4 is 0 Å². The molecule has 0 heterocycles. The Balaban J connectivity index is 1.27. The molecule has 6 heteroatoms. The van der Waals surface area contributed by atoms with Gasteiger partial charge in [-0.3, -0.25) is 4.79 Å². The second-order valence-electron chi connectivity index (χ2n) is 17.0. The maximum Gasteiger partial charge on any atom is 0.331 e. The minimum atomic E-state index is -0.770. The number of hydrogen-bond acceptors (Lipinski definition) is 5. The molecule has 6 rings (SSSR count). The van der Waals surface area contributed by atoms with Crippen LogP contribution in [0.2, 0.25) is 0 Å². The molecule has 6 nitrogen and oxygen atoms in total. The Kier molecular flexibility index (Phi) is 7.70. The van der Waals surface area contributed by atoms with Crippen LogP contribution >= 0.6 is 0 Å². The van der Waals surface area contributed by atoms with E-state index in [0.29, 0.717) is 18.3 Å². The first-order valence-corrected chi connectivity index (χ1v) is 17.3. The number of allylic oxidation sites excluding steroid dienone is 1. The van der Waals surface area contributed by atoms with E-state index in [1.165, 1.54) is 6.08 Å². The molecule has 1 aromatic carbocycles. The molecule has 3 N–H and O–H groups in total. The average molecular weight is 619 g/mol. The van der Waals surface area contributed by atoms with Crippen LogP contribution in [0.4, 0.5) is 0 Å². The lowest BCUT2D eigenvalue weighted by atomic mass is 9.32. The lowest BCUT2D eigenvalue weighted by Gasteiger charge is -2.73. The second kappa shape index (κ2) is 10.7. The Morgan fingerprint density at radius 3 is 2.24 bits per heavy atom. The van der Waals surface area contributed by atoms with Crippen molar-refractivity contribution in [3.8, 4) is 5.75 Å². The fourth-order valence-corrected chi connectivity index (χ4v) is 12.8. The number of ether oxygens (including phenoxy) is 1. The van der Waals surface area contributed by atoms with Crippen LogP contribution in [0, 0.1) is 56.7 Å². The number of carbonyl (C=O) groups is 2. The number of aliphatic carboxylic acids is 1. The summed E-state index contributed by atoms with van der Waals surface area (Å²) in [5, 5.41) is 31.9. The van der Waals surface area contributed by atoms with Crippen molar-refractivity contribution in [3.63, 3.8) is 0 Å². The summed E-state index contributed by atoms with van der Waals surface area (Å²) < 4.78 is 6.05. The monoisotopic (exact) mass is 618 g/mol. The SMILES string of the molecule is C=C(C)[C@@H]1CC[C@]2(C(=O)O)CC[C@]3(C)[C@H](CC[C@@H]4[C@@]5(C)C[C@@H](O)[C@H](OC(=O)C=Cc6ccc(O)cc6)C(C)(C)[C@@H]5CC[C@]43C)[C@@H]12. The van der Waals surface area contributed by atoms with Gasteiger partial charge in [0.2, 0.25) is 0 Å². The number of carboxylic acids is 1. The lowest BCUT2D eigenvalue weighted by Crippen LogP contribution is -2.69. The molecule has 0 bridgehead atoms. The summed E-state index contributed by atoms with van der Waals surface area (Å²) in [4.78, 5) is 26.0. The average Bonchev–Trinajstić information content (AvgIpc) is 3.37. The van der Waals surface area contributed by atoms with Gasteiger partial charge in [0, 0.05) is 11.5 Å². The molecule has 0 unspecified atom stereocenters. The van der Waals surface area contributed by atoms with Gasteiger partial charge >= 0.3 is 11.9 Å². The molecule has 0 aliphatic heterocycles. The summed E-state index contributed by atoms with van der Waals surface area (Å²) >= 11 is 0. The Morgan fingerprint density at radius 1 is 0.911 bits per heavy atom. The number of carbonyl (C=O) groups excluding carboxylic acids is 1. The Bertz CT molecular complexity index is 1390. The molecule has 0 aromatic heterocycles. The number of hydrogen-bond donors (Lipinski definition) is 3. The first-order valence-electron chi connectivity index (χ1n) is 17.3. The number of aliphatic hydroxyl groups is 1. The Labute approximate surface area is 269 Å². The van der Waals surface area contributed by atoms with E-state index in [2.05, 4.69) is 48.1 Å². The van der Waals surface area contributed by atoms with Crippen molar-refractivity contribution in [2.75, 3.05) is 0 Å².